The molecule has 50 heavy (non-hydrogen) atoms. The molecule has 2 N–H and O–H groups in total. The fraction of sp³-hybridized carbons (Fsp3) is 0.595. The number of carbonyl (C=O) groups excluding carboxylic acids is 3. The molecule has 8 atom stereocenters. The van der Waals surface area contributed by atoms with Gasteiger partial charge in [-0.05, 0) is 98.7 Å². The van der Waals surface area contributed by atoms with E-state index in [0.29, 0.717) is 35.9 Å². The van der Waals surface area contributed by atoms with Crippen molar-refractivity contribution in [1.82, 2.24) is 15.1 Å². The minimum absolute atomic E-state index is 0.0614. The first-order valence-corrected chi connectivity index (χ1v) is 19.3. The molecule has 3 amide bonds. The predicted octanol–water partition coefficient (Wildman–Crippen LogP) is 6.18. The molecule has 7 rings (SSSR count). The summed E-state index contributed by atoms with van der Waals surface area (Å²) in [6.45, 7) is 12.2. The summed E-state index contributed by atoms with van der Waals surface area (Å²) in [5.74, 6) is 0.0112. The second kappa shape index (κ2) is 14.6. The summed E-state index contributed by atoms with van der Waals surface area (Å²) in [5, 5.41) is 6.46. The molecule has 2 aromatic carbocycles. The van der Waals surface area contributed by atoms with Gasteiger partial charge in [-0.2, -0.15) is 0 Å². The number of anilines is 1. The number of hydrogen-bond acceptors (Lipinski definition) is 5. The number of benzene rings is 2. The summed E-state index contributed by atoms with van der Waals surface area (Å²) in [6, 6.07) is 17.9. The molecular formula is C42H56N4O4. The van der Waals surface area contributed by atoms with Crippen molar-refractivity contribution in [2.75, 3.05) is 31.5 Å². The molecule has 2 aromatic rings. The Morgan fingerprint density at radius 3 is 2.40 bits per heavy atom. The van der Waals surface area contributed by atoms with Crippen LogP contribution in [-0.2, 0) is 25.5 Å². The van der Waals surface area contributed by atoms with E-state index in [-0.39, 0.29) is 23.8 Å². The Morgan fingerprint density at radius 2 is 1.68 bits per heavy atom. The van der Waals surface area contributed by atoms with Crippen LogP contribution in [0.2, 0.25) is 0 Å². The summed E-state index contributed by atoms with van der Waals surface area (Å²) in [5.41, 5.74) is 2.16. The number of amides is 3. The molecule has 0 radical (unpaired) electrons. The predicted molar refractivity (Wildman–Crippen MR) is 196 cm³/mol. The zero-order valence-corrected chi connectivity index (χ0v) is 30.4. The number of carbonyl (C=O) groups is 3. The van der Waals surface area contributed by atoms with Crippen LogP contribution in [0.1, 0.15) is 83.3 Å². The second-order valence-electron chi connectivity index (χ2n) is 16.2. The lowest BCUT2D eigenvalue weighted by Crippen LogP contribution is -2.58. The van der Waals surface area contributed by atoms with Crippen molar-refractivity contribution in [1.29, 1.82) is 0 Å². The standard InChI is InChI=1S/C42H56N4O4/c1-27(2)32-14-16-33(17-15-32)43-39(47)36-35-18-21-42(50-35)37(36)41(49)46(38(42)40(48)44-34-13-8-10-28(3)29(34)4)23-9-22-45-24-19-31(20-25-45)26-30-11-6-5-7-12-30/h5-7,11-12,14-18,21,27-29,31,34-38H,8-10,13,19-20,22-26H2,1-4H3,(H,43,47)(H,44,48). The van der Waals surface area contributed by atoms with Crippen LogP contribution >= 0.6 is 0 Å². The van der Waals surface area contributed by atoms with Crippen LogP contribution in [-0.4, -0.2) is 77.5 Å². The van der Waals surface area contributed by atoms with Crippen molar-refractivity contribution >= 4 is 23.4 Å². The molecule has 1 saturated carbocycles. The van der Waals surface area contributed by atoms with Crippen LogP contribution in [0.5, 0.6) is 0 Å². The van der Waals surface area contributed by atoms with Gasteiger partial charge in [0.1, 0.15) is 11.6 Å². The Labute approximate surface area is 298 Å². The molecule has 8 nitrogen and oxygen atoms in total. The van der Waals surface area contributed by atoms with Crippen molar-refractivity contribution in [2.45, 2.75) is 102 Å². The number of fused-ring (bicyclic) bond motifs is 1. The highest BCUT2D eigenvalue weighted by atomic mass is 16.5. The Kier molecular flexibility index (Phi) is 10.2. The Balaban J connectivity index is 1.05. The van der Waals surface area contributed by atoms with Gasteiger partial charge in [-0.25, -0.2) is 0 Å². The smallest absolute Gasteiger partial charge is 0.246 e. The maximum absolute atomic E-state index is 14.5. The molecule has 1 spiro atoms. The van der Waals surface area contributed by atoms with E-state index in [4.69, 9.17) is 4.74 Å². The van der Waals surface area contributed by atoms with E-state index in [0.717, 1.165) is 45.3 Å². The molecule has 5 aliphatic rings. The van der Waals surface area contributed by atoms with E-state index >= 15 is 0 Å². The van der Waals surface area contributed by atoms with Gasteiger partial charge in [0.25, 0.3) is 0 Å². The largest absolute Gasteiger partial charge is 0.359 e. The fourth-order valence-electron chi connectivity index (χ4n) is 9.56. The van der Waals surface area contributed by atoms with E-state index in [1.165, 1.54) is 30.4 Å². The first-order chi connectivity index (χ1) is 24.1. The van der Waals surface area contributed by atoms with Crippen molar-refractivity contribution in [2.24, 2.45) is 29.6 Å². The van der Waals surface area contributed by atoms with Crippen LogP contribution in [0.3, 0.4) is 0 Å². The SMILES string of the molecule is CC(C)c1ccc(NC(=O)C2C3C=CC4(O3)C2C(=O)N(CCCN2CCC(Cc3ccccc3)CC2)C4C(=O)NC2CCCC(C)C2C)cc1. The van der Waals surface area contributed by atoms with Gasteiger partial charge in [-0.3, -0.25) is 14.4 Å². The Hall–Kier alpha value is -3.49. The number of likely N-dealkylation sites (tertiary alicyclic amines) is 2. The average molecular weight is 681 g/mol. The molecule has 4 heterocycles. The highest BCUT2D eigenvalue weighted by Crippen LogP contribution is 2.55. The zero-order valence-electron chi connectivity index (χ0n) is 30.4. The third kappa shape index (κ3) is 6.78. The van der Waals surface area contributed by atoms with Crippen LogP contribution in [0.4, 0.5) is 5.69 Å². The van der Waals surface area contributed by atoms with Gasteiger partial charge in [-0.1, -0.05) is 95.2 Å². The summed E-state index contributed by atoms with van der Waals surface area (Å²) < 4.78 is 6.63. The summed E-state index contributed by atoms with van der Waals surface area (Å²) in [6.07, 6.45) is 10.7. The summed E-state index contributed by atoms with van der Waals surface area (Å²) >= 11 is 0. The van der Waals surface area contributed by atoms with E-state index in [1.54, 1.807) is 4.90 Å². The lowest BCUT2D eigenvalue weighted by molar-refractivity contribution is -0.141. The van der Waals surface area contributed by atoms with E-state index in [9.17, 15) is 14.4 Å². The summed E-state index contributed by atoms with van der Waals surface area (Å²) in [4.78, 5) is 47.2. The van der Waals surface area contributed by atoms with Gasteiger partial charge >= 0.3 is 0 Å². The molecule has 4 fully saturated rings. The quantitative estimate of drug-likeness (QED) is 0.277. The molecule has 0 aromatic heterocycles. The maximum Gasteiger partial charge on any atom is 0.246 e. The average Bonchev–Trinajstić information content (AvgIpc) is 3.75. The molecular weight excluding hydrogens is 624 g/mol. The van der Waals surface area contributed by atoms with Gasteiger partial charge in [0.05, 0.1) is 17.9 Å². The van der Waals surface area contributed by atoms with Gasteiger partial charge < -0.3 is 25.2 Å². The molecule has 4 aliphatic heterocycles. The van der Waals surface area contributed by atoms with Crippen LogP contribution in [0.25, 0.3) is 0 Å². The highest BCUT2D eigenvalue weighted by Gasteiger charge is 2.72. The molecule has 3 saturated heterocycles. The monoisotopic (exact) mass is 680 g/mol. The maximum atomic E-state index is 14.5. The number of hydrogen-bond donors (Lipinski definition) is 2. The van der Waals surface area contributed by atoms with Gasteiger partial charge in [0, 0.05) is 18.3 Å². The van der Waals surface area contributed by atoms with Crippen LogP contribution < -0.4 is 10.6 Å². The number of nitrogens with zero attached hydrogens (tertiary/aromatic N) is 2. The van der Waals surface area contributed by atoms with Gasteiger partial charge in [0.2, 0.25) is 17.7 Å². The van der Waals surface area contributed by atoms with Crippen molar-refractivity contribution in [3.8, 4) is 0 Å². The number of rotatable bonds is 11. The highest BCUT2D eigenvalue weighted by molar-refractivity contribution is 6.02. The van der Waals surface area contributed by atoms with Crippen LogP contribution in [0, 0.1) is 29.6 Å². The number of ether oxygens (including phenoxy) is 1. The Morgan fingerprint density at radius 1 is 0.940 bits per heavy atom. The first kappa shape index (κ1) is 34.9. The molecule has 8 unspecified atom stereocenters. The van der Waals surface area contributed by atoms with Crippen LogP contribution in [0.15, 0.2) is 66.7 Å². The topological polar surface area (TPSA) is 91.0 Å². The molecule has 8 heteroatoms. The molecule has 2 bridgehead atoms. The van der Waals surface area contributed by atoms with Crippen molar-refractivity contribution in [3.63, 3.8) is 0 Å². The zero-order chi connectivity index (χ0) is 35.0. The Bertz CT molecular complexity index is 1550. The first-order valence-electron chi connectivity index (χ1n) is 19.3. The lowest BCUT2D eigenvalue weighted by Gasteiger charge is -2.38. The number of nitrogens with one attached hydrogen (secondary N) is 2. The molecule has 1 aliphatic carbocycles. The minimum atomic E-state index is -1.14. The molecule has 268 valence electrons. The van der Waals surface area contributed by atoms with E-state index < -0.39 is 29.6 Å². The van der Waals surface area contributed by atoms with Gasteiger partial charge in [0.15, 0.2) is 0 Å². The van der Waals surface area contributed by atoms with Gasteiger partial charge in [-0.15, -0.1) is 0 Å². The second-order valence-corrected chi connectivity index (χ2v) is 16.2. The normalized spacial score (nSPS) is 32.5. The van der Waals surface area contributed by atoms with E-state index in [2.05, 4.69) is 73.6 Å². The number of piperidine rings is 1. The van der Waals surface area contributed by atoms with Crippen molar-refractivity contribution in [3.05, 3.63) is 77.9 Å². The van der Waals surface area contributed by atoms with E-state index in [1.807, 2.05) is 36.4 Å². The minimum Gasteiger partial charge on any atom is -0.359 e. The lowest BCUT2D eigenvalue weighted by atomic mass is 9.73. The third-order valence-corrected chi connectivity index (χ3v) is 12.8. The summed E-state index contributed by atoms with van der Waals surface area (Å²) in [7, 11) is 0. The third-order valence-electron chi connectivity index (χ3n) is 12.8. The van der Waals surface area contributed by atoms with Crippen molar-refractivity contribution < 1.29 is 19.1 Å². The fourth-order valence-corrected chi connectivity index (χ4v) is 9.56.